The fraction of sp³-hybridized carbons (Fsp3) is 0.579. The lowest BCUT2D eigenvalue weighted by Gasteiger charge is -2.52. The van der Waals surface area contributed by atoms with E-state index in [0.29, 0.717) is 25.9 Å². The maximum absolute atomic E-state index is 14.7. The summed E-state index contributed by atoms with van der Waals surface area (Å²) < 4.78 is 0. The molecule has 2 heterocycles. The third-order valence-corrected chi connectivity index (χ3v) is 11.1. The van der Waals surface area contributed by atoms with Crippen molar-refractivity contribution in [2.24, 2.45) is 0 Å². The van der Waals surface area contributed by atoms with Crippen LogP contribution in [0.3, 0.4) is 0 Å². The second-order valence-corrected chi connectivity index (χ2v) is 15.5. The number of hydroxylamine groups is 4. The SMILES string of the molecule is CC1(C)CN[C@H]2CCCC[C@H]2N1OC(=O)C(O)(C(=O)c1ccccc1)C(O)(C(=O)ON1[C@@H]2CCCC[C@@H]2NCC1(C)C)C(=O)c1ccccc1. The van der Waals surface area contributed by atoms with Gasteiger partial charge in [-0.15, -0.1) is 10.1 Å². The minimum absolute atomic E-state index is 0.0318. The van der Waals surface area contributed by atoms with Crippen LogP contribution in [0.5, 0.6) is 0 Å². The molecule has 2 aromatic carbocycles. The van der Waals surface area contributed by atoms with E-state index in [4.69, 9.17) is 9.68 Å². The molecule has 2 aliphatic heterocycles. The first-order valence-electron chi connectivity index (χ1n) is 17.9. The molecule has 0 bridgehead atoms. The number of piperazine rings is 2. The summed E-state index contributed by atoms with van der Waals surface area (Å²) in [5.41, 5.74) is -9.60. The van der Waals surface area contributed by atoms with Gasteiger partial charge in [-0.25, -0.2) is 9.59 Å². The molecule has 6 atom stereocenters. The molecule has 0 aromatic heterocycles. The summed E-state index contributed by atoms with van der Waals surface area (Å²) in [5.74, 6) is -6.06. The normalized spacial score (nSPS) is 28.8. The molecule has 270 valence electrons. The van der Waals surface area contributed by atoms with E-state index in [1.54, 1.807) is 12.1 Å². The van der Waals surface area contributed by atoms with Gasteiger partial charge in [-0.3, -0.25) is 9.59 Å². The standard InChI is InChI=1S/C38H50N4O8/c1-35(2)23-39-27-19-11-13-21-29(27)41(35)49-33(45)37(47,31(43)25-15-7-5-8-16-25)38(48,32(44)26-17-9-6-10-18-26)34(46)50-42-30-22-14-12-20-28(30)40-24-36(42,3)4/h5-10,15-18,27-30,39-40,47-48H,11-14,19-24H2,1-4H3/t27-,28-,29+,30+,37?,38?/m0/s1. The van der Waals surface area contributed by atoms with Crippen molar-refractivity contribution < 1.29 is 39.1 Å². The van der Waals surface area contributed by atoms with Crippen molar-refractivity contribution in [2.45, 2.75) is 126 Å². The number of fused-ring (bicyclic) bond motifs is 2. The Morgan fingerprint density at radius 2 is 0.960 bits per heavy atom. The van der Waals surface area contributed by atoms with Crippen LogP contribution in [0.25, 0.3) is 0 Å². The molecular formula is C38H50N4O8. The number of rotatable bonds is 9. The van der Waals surface area contributed by atoms with Crippen LogP contribution in [0, 0.1) is 0 Å². The van der Waals surface area contributed by atoms with Crippen LogP contribution in [-0.2, 0) is 19.3 Å². The molecule has 2 saturated heterocycles. The van der Waals surface area contributed by atoms with Gasteiger partial charge in [0.1, 0.15) is 0 Å². The average Bonchev–Trinajstić information content (AvgIpc) is 3.13. The van der Waals surface area contributed by atoms with Crippen molar-refractivity contribution in [1.29, 1.82) is 0 Å². The molecule has 4 aliphatic rings. The third kappa shape index (κ3) is 6.31. The highest BCUT2D eigenvalue weighted by atomic mass is 16.7. The quantitative estimate of drug-likeness (QED) is 0.226. The zero-order valence-electron chi connectivity index (χ0n) is 29.4. The molecule has 2 aliphatic carbocycles. The lowest BCUT2D eigenvalue weighted by molar-refractivity contribution is -0.278. The van der Waals surface area contributed by atoms with E-state index in [-0.39, 0.29) is 35.3 Å². The Bertz CT molecular complexity index is 1470. The highest BCUT2D eigenvalue weighted by Crippen LogP contribution is 2.39. The van der Waals surface area contributed by atoms with Crippen LogP contribution in [-0.4, -0.2) is 103 Å². The lowest BCUT2D eigenvalue weighted by Crippen LogP contribution is -2.76. The Morgan fingerprint density at radius 1 is 0.620 bits per heavy atom. The molecule has 4 N–H and O–H groups in total. The number of nitrogens with one attached hydrogen (secondary N) is 2. The monoisotopic (exact) mass is 690 g/mol. The first kappa shape index (κ1) is 36.3. The third-order valence-electron chi connectivity index (χ3n) is 11.1. The van der Waals surface area contributed by atoms with E-state index in [1.807, 2.05) is 27.7 Å². The van der Waals surface area contributed by atoms with Gasteiger partial charge >= 0.3 is 11.9 Å². The van der Waals surface area contributed by atoms with E-state index in [2.05, 4.69) is 10.6 Å². The fourth-order valence-corrected chi connectivity index (χ4v) is 8.18. The molecule has 6 rings (SSSR count). The summed E-state index contributed by atoms with van der Waals surface area (Å²) in [6, 6.07) is 13.9. The molecule has 50 heavy (non-hydrogen) atoms. The predicted octanol–water partition coefficient (Wildman–Crippen LogP) is 3.12. The minimum Gasteiger partial charge on any atom is -0.368 e. The summed E-state index contributed by atoms with van der Waals surface area (Å²) in [5, 5.41) is 35.4. The maximum atomic E-state index is 14.7. The van der Waals surface area contributed by atoms with E-state index in [0.717, 1.165) is 38.5 Å². The van der Waals surface area contributed by atoms with Gasteiger partial charge in [0.25, 0.3) is 11.2 Å². The number of hydrogen-bond donors (Lipinski definition) is 4. The average molecular weight is 691 g/mol. The molecule has 0 radical (unpaired) electrons. The molecule has 2 aromatic rings. The Morgan fingerprint density at radius 3 is 1.32 bits per heavy atom. The van der Waals surface area contributed by atoms with Crippen LogP contribution in [0.4, 0.5) is 0 Å². The van der Waals surface area contributed by atoms with Crippen LogP contribution in [0.1, 0.15) is 99.8 Å². The summed E-state index contributed by atoms with van der Waals surface area (Å²) in [4.78, 5) is 70.7. The number of hydrogen-bond acceptors (Lipinski definition) is 12. The number of carbonyl (C=O) groups excluding carboxylic acids is 4. The molecular weight excluding hydrogens is 640 g/mol. The van der Waals surface area contributed by atoms with Crippen molar-refractivity contribution in [2.75, 3.05) is 13.1 Å². The van der Waals surface area contributed by atoms with Crippen molar-refractivity contribution >= 4 is 23.5 Å². The van der Waals surface area contributed by atoms with E-state index < -0.39 is 45.8 Å². The van der Waals surface area contributed by atoms with Crippen molar-refractivity contribution in [3.05, 3.63) is 71.8 Å². The van der Waals surface area contributed by atoms with E-state index >= 15 is 0 Å². The second-order valence-electron chi connectivity index (χ2n) is 15.5. The van der Waals surface area contributed by atoms with Gasteiger partial charge in [0.15, 0.2) is 0 Å². The number of aliphatic hydroxyl groups is 2. The fourth-order valence-electron chi connectivity index (χ4n) is 8.18. The molecule has 12 heteroatoms. The predicted molar refractivity (Wildman–Crippen MR) is 184 cm³/mol. The highest BCUT2D eigenvalue weighted by molar-refractivity contribution is 6.28. The van der Waals surface area contributed by atoms with E-state index in [1.165, 1.54) is 58.7 Å². The molecule has 0 amide bonds. The molecule has 0 spiro atoms. The van der Waals surface area contributed by atoms with Crippen molar-refractivity contribution in [3.8, 4) is 0 Å². The summed E-state index contributed by atoms with van der Waals surface area (Å²) in [7, 11) is 0. The summed E-state index contributed by atoms with van der Waals surface area (Å²) in [6.45, 7) is 8.22. The zero-order chi connectivity index (χ0) is 35.9. The molecule has 2 saturated carbocycles. The zero-order valence-corrected chi connectivity index (χ0v) is 29.4. The van der Waals surface area contributed by atoms with Crippen LogP contribution < -0.4 is 10.6 Å². The smallest absolute Gasteiger partial charge is 0.368 e. The van der Waals surface area contributed by atoms with Gasteiger partial charge in [-0.1, -0.05) is 86.3 Å². The highest BCUT2D eigenvalue weighted by Gasteiger charge is 2.72. The Hall–Kier alpha value is -3.52. The van der Waals surface area contributed by atoms with Gasteiger partial charge in [0.05, 0.1) is 23.2 Å². The number of carbonyl (C=O) groups is 4. The number of nitrogens with zero attached hydrogens (tertiary/aromatic N) is 2. The lowest BCUT2D eigenvalue weighted by atomic mass is 9.73. The Kier molecular flexibility index (Phi) is 10.1. The van der Waals surface area contributed by atoms with Crippen LogP contribution >= 0.6 is 0 Å². The van der Waals surface area contributed by atoms with Gasteiger partial charge in [-0.2, -0.15) is 0 Å². The first-order valence-corrected chi connectivity index (χ1v) is 17.9. The van der Waals surface area contributed by atoms with Crippen molar-refractivity contribution in [3.63, 3.8) is 0 Å². The molecule has 2 unspecified atom stereocenters. The maximum Gasteiger partial charge on any atom is 0.369 e. The van der Waals surface area contributed by atoms with Crippen molar-refractivity contribution in [1.82, 2.24) is 20.8 Å². The van der Waals surface area contributed by atoms with Gasteiger partial charge < -0.3 is 30.5 Å². The minimum atomic E-state index is -3.77. The molecule has 4 fully saturated rings. The first-order chi connectivity index (χ1) is 23.7. The second kappa shape index (κ2) is 13.9. The Balaban J connectivity index is 1.48. The van der Waals surface area contributed by atoms with Crippen LogP contribution in [0.2, 0.25) is 0 Å². The van der Waals surface area contributed by atoms with Gasteiger partial charge in [0, 0.05) is 36.3 Å². The topological polar surface area (TPSA) is 158 Å². The number of Topliss-reactive ketones (excluding diaryl/α,β-unsaturated/α-hetero) is 2. The summed E-state index contributed by atoms with van der Waals surface area (Å²) >= 11 is 0. The number of ketones is 2. The van der Waals surface area contributed by atoms with Crippen LogP contribution in [0.15, 0.2) is 60.7 Å². The van der Waals surface area contributed by atoms with Gasteiger partial charge in [-0.05, 0) is 53.4 Å². The largest absolute Gasteiger partial charge is 0.369 e. The number of benzene rings is 2. The van der Waals surface area contributed by atoms with Gasteiger partial charge in [0.2, 0.25) is 11.6 Å². The summed E-state index contributed by atoms with van der Waals surface area (Å²) in [6.07, 6.45) is 6.67. The Labute approximate surface area is 293 Å². The molecule has 12 nitrogen and oxygen atoms in total. The van der Waals surface area contributed by atoms with E-state index in [9.17, 15) is 29.4 Å².